The molecular weight excluding hydrogens is 272 g/mol. The molecule has 0 saturated heterocycles. The minimum Gasteiger partial charge on any atom is -0.463 e. The molecule has 0 aliphatic heterocycles. The van der Waals surface area contributed by atoms with E-state index in [9.17, 15) is 4.79 Å². The van der Waals surface area contributed by atoms with Crippen LogP contribution in [0.1, 0.15) is 80.1 Å². The van der Waals surface area contributed by atoms with Crippen LogP contribution in [0.5, 0.6) is 0 Å². The van der Waals surface area contributed by atoms with Crippen molar-refractivity contribution in [2.75, 3.05) is 6.61 Å². The van der Waals surface area contributed by atoms with Crippen molar-refractivity contribution in [3.05, 3.63) is 23.3 Å². The molecule has 0 aliphatic rings. The third-order valence-corrected chi connectivity index (χ3v) is 4.08. The normalized spacial score (nSPS) is 14.3. The Morgan fingerprint density at radius 1 is 1.00 bits per heavy atom. The molecule has 0 bridgehead atoms. The predicted molar refractivity (Wildman–Crippen MR) is 95.9 cm³/mol. The van der Waals surface area contributed by atoms with Gasteiger partial charge in [-0.2, -0.15) is 0 Å². The van der Waals surface area contributed by atoms with E-state index in [1.807, 2.05) is 13.8 Å². The molecule has 0 aromatic carbocycles. The van der Waals surface area contributed by atoms with Gasteiger partial charge in [-0.3, -0.25) is 0 Å². The van der Waals surface area contributed by atoms with Crippen molar-refractivity contribution in [1.29, 1.82) is 0 Å². The lowest BCUT2D eigenvalue weighted by molar-refractivity contribution is -0.137. The Hall–Kier alpha value is -1.05. The molecule has 0 rings (SSSR count). The average molecular weight is 309 g/mol. The number of hydrogen-bond acceptors (Lipinski definition) is 2. The summed E-state index contributed by atoms with van der Waals surface area (Å²) >= 11 is 0. The molecule has 0 N–H and O–H groups in total. The van der Waals surface area contributed by atoms with E-state index in [2.05, 4.69) is 33.8 Å². The van der Waals surface area contributed by atoms with E-state index in [0.29, 0.717) is 6.61 Å². The van der Waals surface area contributed by atoms with E-state index in [1.165, 1.54) is 37.7 Å². The van der Waals surface area contributed by atoms with Crippen LogP contribution >= 0.6 is 0 Å². The van der Waals surface area contributed by atoms with Gasteiger partial charge in [0, 0.05) is 6.08 Å². The molecule has 0 saturated carbocycles. The van der Waals surface area contributed by atoms with Crippen molar-refractivity contribution < 1.29 is 9.53 Å². The first kappa shape index (κ1) is 20.9. The number of carbonyl (C=O) groups excluding carboxylic acids is 1. The summed E-state index contributed by atoms with van der Waals surface area (Å²) in [6.45, 7) is 13.2. The zero-order chi connectivity index (χ0) is 17.0. The molecule has 0 fully saturated rings. The monoisotopic (exact) mass is 308 g/mol. The lowest BCUT2D eigenvalue weighted by Gasteiger charge is -2.11. The van der Waals surface area contributed by atoms with Gasteiger partial charge in [-0.25, -0.2) is 4.79 Å². The van der Waals surface area contributed by atoms with Crippen LogP contribution in [0, 0.1) is 11.8 Å². The van der Waals surface area contributed by atoms with Crippen molar-refractivity contribution in [2.45, 2.75) is 80.1 Å². The van der Waals surface area contributed by atoms with E-state index in [4.69, 9.17) is 4.74 Å². The van der Waals surface area contributed by atoms with E-state index >= 15 is 0 Å². The lowest BCUT2D eigenvalue weighted by Crippen LogP contribution is -2.00. The lowest BCUT2D eigenvalue weighted by atomic mass is 9.95. The molecule has 22 heavy (non-hydrogen) atoms. The van der Waals surface area contributed by atoms with Gasteiger partial charge < -0.3 is 4.74 Å². The molecule has 1 unspecified atom stereocenters. The maximum atomic E-state index is 11.4. The van der Waals surface area contributed by atoms with Gasteiger partial charge in [0.2, 0.25) is 0 Å². The summed E-state index contributed by atoms with van der Waals surface area (Å²) < 4.78 is 4.93. The highest BCUT2D eigenvalue weighted by atomic mass is 16.5. The summed E-state index contributed by atoms with van der Waals surface area (Å²) in [7, 11) is 0. The predicted octanol–water partition coefficient (Wildman–Crippen LogP) is 6.07. The Labute approximate surface area is 138 Å². The average Bonchev–Trinajstić information content (AvgIpc) is 2.43. The molecular formula is C20H36O2. The van der Waals surface area contributed by atoms with Crippen molar-refractivity contribution in [3.8, 4) is 0 Å². The minimum absolute atomic E-state index is 0.244. The second kappa shape index (κ2) is 12.5. The van der Waals surface area contributed by atoms with Crippen molar-refractivity contribution in [2.24, 2.45) is 11.8 Å². The van der Waals surface area contributed by atoms with Crippen LogP contribution in [0.2, 0.25) is 0 Å². The summed E-state index contributed by atoms with van der Waals surface area (Å²) in [5.74, 6) is 1.37. The fourth-order valence-corrected chi connectivity index (χ4v) is 2.41. The zero-order valence-corrected chi connectivity index (χ0v) is 15.6. The molecule has 0 spiro atoms. The van der Waals surface area contributed by atoms with Gasteiger partial charge in [0.05, 0.1) is 6.61 Å². The third-order valence-electron chi connectivity index (χ3n) is 4.08. The highest BCUT2D eigenvalue weighted by Crippen LogP contribution is 2.18. The number of carbonyl (C=O) groups is 1. The highest BCUT2D eigenvalue weighted by Gasteiger charge is 2.03. The standard InChI is InChI=1S/C20H36O2/c1-7-22-20(21)15-19(6)18(5)14-10-13-17(4)12-9-8-11-16(2)3/h14-17H,7-13H2,1-6H3/b18-14+,19-15+. The van der Waals surface area contributed by atoms with E-state index < -0.39 is 0 Å². The Kier molecular flexibility index (Phi) is 11.9. The molecule has 0 aromatic heterocycles. The second-order valence-electron chi connectivity index (χ2n) is 6.83. The number of unbranched alkanes of at least 4 members (excludes halogenated alkanes) is 1. The van der Waals surface area contributed by atoms with Crippen LogP contribution in [0.3, 0.4) is 0 Å². The zero-order valence-electron chi connectivity index (χ0n) is 15.6. The molecule has 0 heterocycles. The van der Waals surface area contributed by atoms with E-state index in [1.54, 1.807) is 6.08 Å². The summed E-state index contributed by atoms with van der Waals surface area (Å²) in [6.07, 6.45) is 11.5. The van der Waals surface area contributed by atoms with Crippen LogP contribution in [0.4, 0.5) is 0 Å². The van der Waals surface area contributed by atoms with Crippen LogP contribution < -0.4 is 0 Å². The molecule has 0 aromatic rings. The minimum atomic E-state index is -0.244. The summed E-state index contributed by atoms with van der Waals surface area (Å²) in [5, 5.41) is 0. The van der Waals surface area contributed by atoms with Gasteiger partial charge in [0.15, 0.2) is 0 Å². The molecule has 1 atom stereocenters. The van der Waals surface area contributed by atoms with E-state index in [0.717, 1.165) is 23.8 Å². The van der Waals surface area contributed by atoms with Crippen LogP contribution in [0.25, 0.3) is 0 Å². The summed E-state index contributed by atoms with van der Waals surface area (Å²) in [6, 6.07) is 0. The number of hydrogen-bond donors (Lipinski definition) is 0. The Bertz CT molecular complexity index is 364. The summed E-state index contributed by atoms with van der Waals surface area (Å²) in [5.41, 5.74) is 2.18. The van der Waals surface area contributed by atoms with Crippen LogP contribution in [0.15, 0.2) is 23.3 Å². The van der Waals surface area contributed by atoms with Crippen molar-refractivity contribution >= 4 is 5.97 Å². The third kappa shape index (κ3) is 11.6. The van der Waals surface area contributed by atoms with E-state index in [-0.39, 0.29) is 5.97 Å². The smallest absolute Gasteiger partial charge is 0.331 e. The first-order valence-electron chi connectivity index (χ1n) is 8.89. The van der Waals surface area contributed by atoms with Crippen molar-refractivity contribution in [1.82, 2.24) is 0 Å². The van der Waals surface area contributed by atoms with Gasteiger partial charge >= 0.3 is 5.97 Å². The molecule has 128 valence electrons. The first-order chi connectivity index (χ1) is 10.4. The first-order valence-corrected chi connectivity index (χ1v) is 8.89. The van der Waals surface area contributed by atoms with Crippen LogP contribution in [-0.2, 0) is 9.53 Å². The molecule has 2 heteroatoms. The Morgan fingerprint density at radius 3 is 2.23 bits per heavy atom. The number of esters is 1. The second-order valence-corrected chi connectivity index (χ2v) is 6.83. The quantitative estimate of drug-likeness (QED) is 0.200. The Morgan fingerprint density at radius 2 is 1.64 bits per heavy atom. The molecule has 0 radical (unpaired) electrons. The fourth-order valence-electron chi connectivity index (χ4n) is 2.41. The van der Waals surface area contributed by atoms with Crippen molar-refractivity contribution in [3.63, 3.8) is 0 Å². The van der Waals surface area contributed by atoms with Gasteiger partial charge in [-0.1, -0.05) is 58.1 Å². The highest BCUT2D eigenvalue weighted by molar-refractivity contribution is 5.83. The maximum Gasteiger partial charge on any atom is 0.331 e. The Balaban J connectivity index is 4.01. The fraction of sp³-hybridized carbons (Fsp3) is 0.750. The SMILES string of the molecule is CCOC(=O)/C=C(C)/C(C)=C/CCC(C)CCCCC(C)C. The van der Waals surface area contributed by atoms with Gasteiger partial charge in [0.1, 0.15) is 0 Å². The summed E-state index contributed by atoms with van der Waals surface area (Å²) in [4.78, 5) is 11.4. The number of ether oxygens (including phenoxy) is 1. The van der Waals surface area contributed by atoms with Gasteiger partial charge in [0.25, 0.3) is 0 Å². The van der Waals surface area contributed by atoms with Gasteiger partial charge in [-0.05, 0) is 51.0 Å². The van der Waals surface area contributed by atoms with Crippen LogP contribution in [-0.4, -0.2) is 12.6 Å². The molecule has 0 amide bonds. The number of allylic oxidation sites excluding steroid dienone is 3. The maximum absolute atomic E-state index is 11.4. The van der Waals surface area contributed by atoms with Gasteiger partial charge in [-0.15, -0.1) is 0 Å². The number of rotatable bonds is 11. The molecule has 2 nitrogen and oxygen atoms in total. The topological polar surface area (TPSA) is 26.3 Å². The molecule has 0 aliphatic carbocycles. The largest absolute Gasteiger partial charge is 0.463 e.